The largest absolute Gasteiger partial charge is 0.377 e. The molecule has 0 saturated carbocycles. The maximum absolute atomic E-state index is 11.6. The van der Waals surface area contributed by atoms with Gasteiger partial charge in [0.15, 0.2) is 0 Å². The number of amides is 1. The van der Waals surface area contributed by atoms with E-state index in [-0.39, 0.29) is 6.10 Å². The van der Waals surface area contributed by atoms with E-state index in [1.165, 1.54) is 0 Å². The van der Waals surface area contributed by atoms with Gasteiger partial charge in [-0.3, -0.25) is 9.59 Å². The number of Topliss-reactive ketones (excluding diaryl/α,β-unsaturated/α-hetero) is 1. The molecule has 0 aromatic heterocycles. The van der Waals surface area contributed by atoms with Crippen LogP contribution in [0.25, 0.3) is 0 Å². The average Bonchev–Trinajstić information content (AvgIpc) is 2.88. The summed E-state index contributed by atoms with van der Waals surface area (Å²) in [6.07, 6.45) is 1.24. The Hall–Kier alpha value is -0.850. The van der Waals surface area contributed by atoms with Crippen LogP contribution in [0.4, 0.5) is 5.69 Å². The van der Waals surface area contributed by atoms with Crippen molar-refractivity contribution in [3.8, 4) is 0 Å². The zero-order chi connectivity index (χ0) is 13.6. The van der Waals surface area contributed by atoms with Gasteiger partial charge in [0.05, 0.1) is 17.4 Å². The SMILES string of the molecule is CC1OCCC1Sc1cc2c(cc1Br)C(=O)C(=O)N2. The molecule has 100 valence electrons. The fourth-order valence-corrected chi connectivity index (χ4v) is 4.06. The van der Waals surface area contributed by atoms with Crippen molar-refractivity contribution in [2.24, 2.45) is 0 Å². The normalized spacial score (nSPS) is 25.6. The van der Waals surface area contributed by atoms with Crippen LogP contribution in [0.5, 0.6) is 0 Å². The number of hydrogen-bond acceptors (Lipinski definition) is 4. The number of thioether (sulfide) groups is 1. The van der Waals surface area contributed by atoms with Crippen molar-refractivity contribution in [1.29, 1.82) is 0 Å². The maximum Gasteiger partial charge on any atom is 0.296 e. The van der Waals surface area contributed by atoms with Crippen LogP contribution >= 0.6 is 27.7 Å². The van der Waals surface area contributed by atoms with Gasteiger partial charge in [-0.2, -0.15) is 0 Å². The minimum atomic E-state index is -0.554. The van der Waals surface area contributed by atoms with Gasteiger partial charge in [0.1, 0.15) is 0 Å². The predicted molar refractivity (Wildman–Crippen MR) is 76.8 cm³/mol. The zero-order valence-electron chi connectivity index (χ0n) is 10.2. The summed E-state index contributed by atoms with van der Waals surface area (Å²) in [5, 5.41) is 3.00. The Morgan fingerprint density at radius 2 is 2.21 bits per heavy atom. The van der Waals surface area contributed by atoms with Crippen LogP contribution in [0.3, 0.4) is 0 Å². The predicted octanol–water partition coefficient (Wildman–Crippen LogP) is 2.85. The van der Waals surface area contributed by atoms with Crippen molar-refractivity contribution in [2.45, 2.75) is 29.6 Å². The summed E-state index contributed by atoms with van der Waals surface area (Å²) in [6, 6.07) is 3.58. The summed E-state index contributed by atoms with van der Waals surface area (Å²) in [7, 11) is 0. The number of carbonyl (C=O) groups excluding carboxylic acids is 2. The van der Waals surface area contributed by atoms with E-state index in [0.717, 1.165) is 22.4 Å². The molecule has 3 rings (SSSR count). The minimum Gasteiger partial charge on any atom is -0.377 e. The van der Waals surface area contributed by atoms with Crippen molar-refractivity contribution < 1.29 is 14.3 Å². The second kappa shape index (κ2) is 4.92. The summed E-state index contributed by atoms with van der Waals surface area (Å²) >= 11 is 5.19. The molecule has 0 bridgehead atoms. The van der Waals surface area contributed by atoms with Crippen LogP contribution in [0.15, 0.2) is 21.5 Å². The van der Waals surface area contributed by atoms with Gasteiger partial charge in [0.25, 0.3) is 11.7 Å². The molecule has 4 nitrogen and oxygen atoms in total. The molecule has 2 atom stereocenters. The second-order valence-corrected chi connectivity index (χ2v) is 6.77. The average molecular weight is 342 g/mol. The van der Waals surface area contributed by atoms with E-state index in [2.05, 4.69) is 28.2 Å². The van der Waals surface area contributed by atoms with E-state index in [9.17, 15) is 9.59 Å². The van der Waals surface area contributed by atoms with Crippen LogP contribution < -0.4 is 5.32 Å². The monoisotopic (exact) mass is 341 g/mol. The van der Waals surface area contributed by atoms with Gasteiger partial charge in [0, 0.05) is 21.2 Å². The summed E-state index contributed by atoms with van der Waals surface area (Å²) in [4.78, 5) is 24.0. The summed E-state index contributed by atoms with van der Waals surface area (Å²) in [5.74, 6) is -1.02. The van der Waals surface area contributed by atoms with E-state index in [1.807, 2.05) is 6.07 Å². The molecule has 1 aromatic rings. The molecule has 1 amide bonds. The molecule has 1 fully saturated rings. The molecule has 19 heavy (non-hydrogen) atoms. The number of benzene rings is 1. The van der Waals surface area contributed by atoms with Crippen LogP contribution in [-0.4, -0.2) is 29.7 Å². The van der Waals surface area contributed by atoms with E-state index in [0.29, 0.717) is 16.5 Å². The number of halogens is 1. The Bertz CT molecular complexity index is 575. The zero-order valence-corrected chi connectivity index (χ0v) is 12.6. The first-order valence-corrected chi connectivity index (χ1v) is 7.71. The Labute approximate surface area is 123 Å². The molecule has 1 saturated heterocycles. The summed E-state index contributed by atoms with van der Waals surface area (Å²) in [5.41, 5.74) is 1.05. The first-order valence-electron chi connectivity index (χ1n) is 6.04. The highest BCUT2D eigenvalue weighted by Crippen LogP contribution is 2.40. The first-order chi connectivity index (χ1) is 9.06. The number of fused-ring (bicyclic) bond motifs is 1. The first kappa shape index (κ1) is 13.1. The van der Waals surface area contributed by atoms with E-state index < -0.39 is 11.7 Å². The third-order valence-corrected chi connectivity index (χ3v) is 5.79. The highest BCUT2D eigenvalue weighted by Gasteiger charge is 2.31. The molecule has 1 aromatic carbocycles. The van der Waals surface area contributed by atoms with E-state index in [1.54, 1.807) is 17.8 Å². The highest BCUT2D eigenvalue weighted by atomic mass is 79.9. The van der Waals surface area contributed by atoms with Crippen LogP contribution in [0.1, 0.15) is 23.7 Å². The molecule has 2 aliphatic rings. The quantitative estimate of drug-likeness (QED) is 0.840. The fraction of sp³-hybridized carbons (Fsp3) is 0.385. The maximum atomic E-state index is 11.6. The van der Waals surface area contributed by atoms with Gasteiger partial charge in [-0.1, -0.05) is 0 Å². The lowest BCUT2D eigenvalue weighted by Gasteiger charge is -2.15. The topological polar surface area (TPSA) is 55.4 Å². The lowest BCUT2D eigenvalue weighted by atomic mass is 10.1. The molecule has 2 unspecified atom stereocenters. The number of anilines is 1. The molecular weight excluding hydrogens is 330 g/mol. The third kappa shape index (κ3) is 2.32. The van der Waals surface area contributed by atoms with Crippen molar-refractivity contribution in [1.82, 2.24) is 0 Å². The number of hydrogen-bond donors (Lipinski definition) is 1. The van der Waals surface area contributed by atoms with Gasteiger partial charge < -0.3 is 10.1 Å². The standard InChI is InChI=1S/C13H12BrNO3S/c1-6-10(2-3-18-6)19-11-5-9-7(4-8(11)14)12(16)13(17)15-9/h4-6,10H,2-3H2,1H3,(H,15,16,17). The molecule has 0 radical (unpaired) electrons. The molecule has 6 heteroatoms. The molecule has 2 heterocycles. The van der Waals surface area contributed by atoms with Gasteiger partial charge in [-0.25, -0.2) is 0 Å². The van der Waals surface area contributed by atoms with E-state index >= 15 is 0 Å². The Balaban J connectivity index is 1.90. The number of ether oxygens (including phenoxy) is 1. The van der Waals surface area contributed by atoms with Gasteiger partial charge in [0.2, 0.25) is 0 Å². The Kier molecular flexibility index (Phi) is 3.41. The Morgan fingerprint density at radius 1 is 1.42 bits per heavy atom. The van der Waals surface area contributed by atoms with Gasteiger partial charge in [-0.15, -0.1) is 11.8 Å². The molecule has 1 N–H and O–H groups in total. The minimum absolute atomic E-state index is 0.223. The lowest BCUT2D eigenvalue weighted by Crippen LogP contribution is -2.13. The fourth-order valence-electron chi connectivity index (χ4n) is 2.27. The highest BCUT2D eigenvalue weighted by molar-refractivity contribution is 9.10. The lowest BCUT2D eigenvalue weighted by molar-refractivity contribution is -0.112. The molecule has 0 spiro atoms. The number of nitrogens with one attached hydrogen (secondary N) is 1. The second-order valence-electron chi connectivity index (χ2n) is 4.63. The Morgan fingerprint density at radius 3 is 2.89 bits per heavy atom. The molecule has 0 aliphatic carbocycles. The van der Waals surface area contributed by atoms with Crippen molar-refractivity contribution in [2.75, 3.05) is 11.9 Å². The number of carbonyl (C=O) groups is 2. The van der Waals surface area contributed by atoms with E-state index in [4.69, 9.17) is 4.74 Å². The number of rotatable bonds is 2. The van der Waals surface area contributed by atoms with Gasteiger partial charge in [-0.05, 0) is 41.4 Å². The van der Waals surface area contributed by atoms with Crippen LogP contribution in [0, 0.1) is 0 Å². The van der Waals surface area contributed by atoms with Crippen LogP contribution in [-0.2, 0) is 9.53 Å². The van der Waals surface area contributed by atoms with Crippen LogP contribution in [0.2, 0.25) is 0 Å². The number of ketones is 1. The smallest absolute Gasteiger partial charge is 0.296 e. The third-order valence-electron chi connectivity index (χ3n) is 3.36. The molecule has 2 aliphatic heterocycles. The summed E-state index contributed by atoms with van der Waals surface area (Å²) < 4.78 is 6.39. The van der Waals surface area contributed by atoms with Crippen molar-refractivity contribution in [3.05, 3.63) is 22.2 Å². The molecular formula is C13H12BrNO3S. The van der Waals surface area contributed by atoms with Crippen molar-refractivity contribution >= 4 is 45.1 Å². The van der Waals surface area contributed by atoms with Gasteiger partial charge >= 0.3 is 0 Å². The summed E-state index contributed by atoms with van der Waals surface area (Å²) in [6.45, 7) is 2.86. The van der Waals surface area contributed by atoms with Crippen molar-refractivity contribution in [3.63, 3.8) is 0 Å².